The van der Waals surface area contributed by atoms with Gasteiger partial charge in [0.2, 0.25) is 0 Å². The number of carbonyl (C=O) groups is 1. The second-order valence-corrected chi connectivity index (χ2v) is 12.9. The molecule has 6 rings (SSSR count). The molecule has 2 aliphatic carbocycles. The Kier molecular flexibility index (Phi) is 7.30. The number of pyridine rings is 2. The van der Waals surface area contributed by atoms with E-state index in [1.54, 1.807) is 23.0 Å². The van der Waals surface area contributed by atoms with E-state index in [-0.39, 0.29) is 11.5 Å². The fourth-order valence-corrected chi connectivity index (χ4v) is 7.38. The summed E-state index contributed by atoms with van der Waals surface area (Å²) in [4.78, 5) is 35.3. The minimum atomic E-state index is -0.138. The molecule has 212 valence electrons. The van der Waals surface area contributed by atoms with E-state index in [9.17, 15) is 9.59 Å². The number of rotatable bonds is 8. The van der Waals surface area contributed by atoms with Gasteiger partial charge in [-0.25, -0.2) is 4.98 Å². The fraction of sp³-hybridized carbons (Fsp3) is 0.364. The van der Waals surface area contributed by atoms with Crippen molar-refractivity contribution in [1.29, 1.82) is 0 Å². The average molecular weight is 568 g/mol. The predicted octanol–water partition coefficient (Wildman–Crippen LogP) is 7.02. The summed E-state index contributed by atoms with van der Waals surface area (Å²) in [6.45, 7) is 7.14. The average Bonchev–Trinajstić information content (AvgIpc) is 3.68. The Hall–Kier alpha value is -3.75. The third kappa shape index (κ3) is 5.34. The summed E-state index contributed by atoms with van der Waals surface area (Å²) in [6, 6.07) is 14.3. The molecule has 2 unspecified atom stereocenters. The highest BCUT2D eigenvalue weighted by molar-refractivity contribution is 7.14. The van der Waals surface area contributed by atoms with Crippen LogP contribution in [0.3, 0.4) is 0 Å². The van der Waals surface area contributed by atoms with Gasteiger partial charge in [-0.05, 0) is 105 Å². The zero-order chi connectivity index (χ0) is 28.8. The van der Waals surface area contributed by atoms with Gasteiger partial charge in [0.25, 0.3) is 11.5 Å². The van der Waals surface area contributed by atoms with Crippen LogP contribution in [0.5, 0.6) is 0 Å². The predicted molar refractivity (Wildman–Crippen MR) is 168 cm³/mol. The van der Waals surface area contributed by atoms with Crippen molar-refractivity contribution >= 4 is 34.4 Å². The van der Waals surface area contributed by atoms with Gasteiger partial charge in [0, 0.05) is 48.2 Å². The summed E-state index contributed by atoms with van der Waals surface area (Å²) >= 11 is 1.66. The normalized spacial score (nSPS) is 17.3. The Morgan fingerprint density at radius 3 is 2.68 bits per heavy atom. The van der Waals surface area contributed by atoms with Crippen LogP contribution in [0.15, 0.2) is 59.7 Å². The van der Waals surface area contributed by atoms with E-state index in [1.165, 1.54) is 29.7 Å². The maximum atomic E-state index is 13.3. The van der Waals surface area contributed by atoms with E-state index in [2.05, 4.69) is 47.5 Å². The molecule has 1 aromatic carbocycles. The molecule has 2 aliphatic rings. The van der Waals surface area contributed by atoms with Crippen LogP contribution in [0.1, 0.15) is 76.2 Å². The number of hydrogen-bond donors (Lipinski definition) is 2. The largest absolute Gasteiger partial charge is 0.336 e. The first-order chi connectivity index (χ1) is 19.7. The van der Waals surface area contributed by atoms with Gasteiger partial charge in [-0.3, -0.25) is 14.5 Å². The molecule has 0 spiro atoms. The molecule has 8 heteroatoms. The van der Waals surface area contributed by atoms with Gasteiger partial charge in [0.1, 0.15) is 11.5 Å². The Labute approximate surface area is 245 Å². The zero-order valence-corrected chi connectivity index (χ0v) is 25.1. The van der Waals surface area contributed by atoms with Gasteiger partial charge in [-0.2, -0.15) is 0 Å². The van der Waals surface area contributed by atoms with Crippen molar-refractivity contribution in [1.82, 2.24) is 14.5 Å². The van der Waals surface area contributed by atoms with Gasteiger partial charge >= 0.3 is 0 Å². The number of aryl methyl sites for hydroxylation is 1. The molecule has 3 heterocycles. The standard InChI is InChI=1S/C33H37N5O2S/c1-19(2)37(4)17-21-9-12-30(34-16-21)35-28-14-24(18-38(5)33(28)40)25-7-6-8-27(20(25)3)36-32(39)29-15-26-22-10-11-23(13-22)31(26)41-29/h6-9,12,14-16,18-19,22-23H,10-11,13,17H2,1-5H3,(H,34,35)(H,36,39). The highest BCUT2D eigenvalue weighted by Gasteiger charge is 2.39. The summed E-state index contributed by atoms with van der Waals surface area (Å²) < 4.78 is 1.58. The first-order valence-electron chi connectivity index (χ1n) is 14.4. The zero-order valence-electron chi connectivity index (χ0n) is 24.3. The van der Waals surface area contributed by atoms with Gasteiger partial charge in [0.15, 0.2) is 0 Å². The lowest BCUT2D eigenvalue weighted by Crippen LogP contribution is -2.25. The lowest BCUT2D eigenvalue weighted by molar-refractivity contribution is 0.103. The van der Waals surface area contributed by atoms with E-state index in [4.69, 9.17) is 0 Å². The molecular weight excluding hydrogens is 530 g/mol. The van der Waals surface area contributed by atoms with Crippen LogP contribution in [-0.2, 0) is 13.6 Å². The molecule has 2 N–H and O–H groups in total. The Morgan fingerprint density at radius 1 is 1.15 bits per heavy atom. The number of anilines is 3. The molecular formula is C33H37N5O2S. The molecule has 0 radical (unpaired) electrons. The molecule has 3 aromatic heterocycles. The van der Waals surface area contributed by atoms with Crippen molar-refractivity contribution in [3.63, 3.8) is 0 Å². The molecule has 4 aromatic rings. The number of nitrogens with one attached hydrogen (secondary N) is 2. The summed E-state index contributed by atoms with van der Waals surface area (Å²) in [7, 11) is 3.84. The molecule has 0 saturated heterocycles. The number of thiophene rings is 1. The lowest BCUT2D eigenvalue weighted by atomic mass is 9.98. The molecule has 41 heavy (non-hydrogen) atoms. The number of amides is 1. The topological polar surface area (TPSA) is 79.3 Å². The van der Waals surface area contributed by atoms with Crippen molar-refractivity contribution in [3.8, 4) is 11.1 Å². The number of carbonyl (C=O) groups excluding carboxylic acids is 1. The molecule has 7 nitrogen and oxygen atoms in total. The molecule has 2 atom stereocenters. The first kappa shape index (κ1) is 27.4. The molecule has 1 fully saturated rings. The van der Waals surface area contributed by atoms with Crippen molar-refractivity contribution in [2.45, 2.75) is 64.5 Å². The van der Waals surface area contributed by atoms with Crippen molar-refractivity contribution in [3.05, 3.63) is 91.7 Å². The maximum Gasteiger partial charge on any atom is 0.274 e. The molecule has 0 aliphatic heterocycles. The smallest absolute Gasteiger partial charge is 0.274 e. The number of hydrogen-bond acceptors (Lipinski definition) is 6. The molecule has 1 amide bonds. The number of aromatic nitrogens is 2. The summed E-state index contributed by atoms with van der Waals surface area (Å²) in [5, 5.41) is 6.37. The van der Waals surface area contributed by atoms with Crippen LogP contribution in [0.25, 0.3) is 11.1 Å². The van der Waals surface area contributed by atoms with E-state index < -0.39 is 0 Å². The van der Waals surface area contributed by atoms with Crippen LogP contribution < -0.4 is 16.2 Å². The van der Waals surface area contributed by atoms with Gasteiger partial charge in [-0.1, -0.05) is 18.2 Å². The molecule has 2 bridgehead atoms. The SMILES string of the molecule is Cc1c(NC(=O)c2cc3c(s2)C2CCC3C2)cccc1-c1cc(Nc2ccc(CN(C)C(C)C)cn2)c(=O)n(C)c1. The highest BCUT2D eigenvalue weighted by Crippen LogP contribution is 2.56. The minimum absolute atomic E-state index is 0.0547. The fourth-order valence-electron chi connectivity index (χ4n) is 6.09. The first-order valence-corrected chi connectivity index (χ1v) is 15.2. The highest BCUT2D eigenvalue weighted by atomic mass is 32.1. The monoisotopic (exact) mass is 567 g/mol. The number of benzene rings is 1. The maximum absolute atomic E-state index is 13.3. The Bertz CT molecular complexity index is 1640. The second-order valence-electron chi connectivity index (χ2n) is 11.8. The van der Waals surface area contributed by atoms with Gasteiger partial charge in [0.05, 0.1) is 4.88 Å². The van der Waals surface area contributed by atoms with E-state index in [0.29, 0.717) is 29.4 Å². The lowest BCUT2D eigenvalue weighted by Gasteiger charge is -2.20. The van der Waals surface area contributed by atoms with Crippen molar-refractivity contribution in [2.24, 2.45) is 7.05 Å². The summed E-state index contributed by atoms with van der Waals surface area (Å²) in [6.07, 6.45) is 7.45. The van der Waals surface area contributed by atoms with E-state index >= 15 is 0 Å². The minimum Gasteiger partial charge on any atom is -0.336 e. The Balaban J connectivity index is 1.22. The van der Waals surface area contributed by atoms with Crippen LogP contribution in [-0.4, -0.2) is 33.4 Å². The third-order valence-electron chi connectivity index (χ3n) is 8.74. The third-order valence-corrected chi connectivity index (χ3v) is 10.0. The van der Waals surface area contributed by atoms with E-state index in [1.807, 2.05) is 55.7 Å². The number of nitrogens with zero attached hydrogens (tertiary/aromatic N) is 3. The molecule has 1 saturated carbocycles. The van der Waals surface area contributed by atoms with Crippen LogP contribution in [0, 0.1) is 6.92 Å². The summed E-state index contributed by atoms with van der Waals surface area (Å²) in [5.41, 5.74) is 6.38. The van der Waals surface area contributed by atoms with Gasteiger partial charge in [-0.15, -0.1) is 11.3 Å². The van der Waals surface area contributed by atoms with Crippen LogP contribution in [0.2, 0.25) is 0 Å². The van der Waals surface area contributed by atoms with E-state index in [0.717, 1.165) is 39.4 Å². The number of fused-ring (bicyclic) bond motifs is 5. The quantitative estimate of drug-likeness (QED) is 0.239. The van der Waals surface area contributed by atoms with Crippen LogP contribution in [0.4, 0.5) is 17.2 Å². The summed E-state index contributed by atoms with van der Waals surface area (Å²) in [5.74, 6) is 1.86. The Morgan fingerprint density at radius 2 is 1.95 bits per heavy atom. The van der Waals surface area contributed by atoms with Crippen molar-refractivity contribution in [2.75, 3.05) is 17.7 Å². The van der Waals surface area contributed by atoms with Crippen molar-refractivity contribution < 1.29 is 4.79 Å². The van der Waals surface area contributed by atoms with Crippen LogP contribution >= 0.6 is 11.3 Å². The second kappa shape index (κ2) is 10.9. The van der Waals surface area contributed by atoms with Gasteiger partial charge < -0.3 is 15.2 Å².